The number of pyridine rings is 1. The summed E-state index contributed by atoms with van der Waals surface area (Å²) in [6.07, 6.45) is 4.50. The van der Waals surface area contributed by atoms with Crippen LogP contribution in [-0.2, 0) is 6.42 Å². The van der Waals surface area contributed by atoms with Gasteiger partial charge in [0.2, 0.25) is 0 Å². The zero-order chi connectivity index (χ0) is 10.1. The topological polar surface area (TPSA) is 43.3 Å². The normalized spacial score (nSPS) is 10.6. The number of nitrogens with zero attached hydrogens (tertiary/aromatic N) is 2. The predicted molar refractivity (Wildman–Crippen MR) is 60.4 cm³/mol. The fourth-order valence-corrected chi connectivity index (χ4v) is 1.55. The van der Waals surface area contributed by atoms with Crippen LogP contribution >= 0.6 is 12.2 Å². The first-order chi connectivity index (χ1) is 6.65. The van der Waals surface area contributed by atoms with E-state index in [-0.39, 0.29) is 0 Å². The highest BCUT2D eigenvalue weighted by Gasteiger charge is 2.02. The highest BCUT2D eigenvalue weighted by molar-refractivity contribution is 7.80. The van der Waals surface area contributed by atoms with Crippen molar-refractivity contribution in [1.82, 2.24) is 9.38 Å². The number of aryl methyl sites for hydroxylation is 1. The number of fused-ring (bicyclic) bond motifs is 1. The molecule has 0 unspecified atom stereocenters. The molecule has 0 bridgehead atoms. The van der Waals surface area contributed by atoms with Crippen molar-refractivity contribution in [3.8, 4) is 0 Å². The summed E-state index contributed by atoms with van der Waals surface area (Å²) in [7, 11) is 0. The van der Waals surface area contributed by atoms with Crippen molar-refractivity contribution < 1.29 is 0 Å². The fourth-order valence-electron chi connectivity index (χ4n) is 1.40. The van der Waals surface area contributed by atoms with Gasteiger partial charge in [-0.25, -0.2) is 4.98 Å². The van der Waals surface area contributed by atoms with Gasteiger partial charge in [0.1, 0.15) is 5.65 Å². The van der Waals surface area contributed by atoms with Gasteiger partial charge in [0.25, 0.3) is 0 Å². The van der Waals surface area contributed by atoms with Crippen LogP contribution < -0.4 is 5.73 Å². The quantitative estimate of drug-likeness (QED) is 0.755. The Morgan fingerprint density at radius 1 is 1.64 bits per heavy atom. The third kappa shape index (κ3) is 1.75. The van der Waals surface area contributed by atoms with Crippen molar-refractivity contribution in [3.05, 3.63) is 35.8 Å². The molecule has 0 saturated carbocycles. The first kappa shape index (κ1) is 9.15. The van der Waals surface area contributed by atoms with Gasteiger partial charge >= 0.3 is 0 Å². The average molecular weight is 205 g/mol. The summed E-state index contributed by atoms with van der Waals surface area (Å²) >= 11 is 4.84. The van der Waals surface area contributed by atoms with E-state index < -0.39 is 0 Å². The van der Waals surface area contributed by atoms with E-state index in [0.717, 1.165) is 11.3 Å². The molecule has 2 heterocycles. The van der Waals surface area contributed by atoms with Crippen molar-refractivity contribution in [2.75, 3.05) is 0 Å². The van der Waals surface area contributed by atoms with Crippen LogP contribution in [0.1, 0.15) is 11.3 Å². The molecule has 0 aliphatic rings. The lowest BCUT2D eigenvalue weighted by atomic mass is 10.3. The van der Waals surface area contributed by atoms with E-state index >= 15 is 0 Å². The molecule has 0 atom stereocenters. The monoisotopic (exact) mass is 205 g/mol. The first-order valence-electron chi connectivity index (χ1n) is 4.38. The van der Waals surface area contributed by atoms with Crippen molar-refractivity contribution in [2.24, 2.45) is 5.73 Å². The molecule has 0 aliphatic carbocycles. The number of nitrogens with two attached hydrogens (primary N) is 1. The maximum Gasteiger partial charge on any atom is 0.137 e. The molecule has 0 spiro atoms. The molecule has 2 aromatic rings. The predicted octanol–water partition coefficient (Wildman–Crippen LogP) is 1.47. The average Bonchev–Trinajstić information content (AvgIpc) is 2.44. The maximum atomic E-state index is 5.46. The van der Waals surface area contributed by atoms with Crippen LogP contribution in [0.15, 0.2) is 24.5 Å². The van der Waals surface area contributed by atoms with Crippen LogP contribution in [0.4, 0.5) is 0 Å². The second kappa shape index (κ2) is 3.38. The third-order valence-electron chi connectivity index (χ3n) is 2.02. The lowest BCUT2D eigenvalue weighted by molar-refractivity contribution is 1.17. The van der Waals surface area contributed by atoms with Crippen molar-refractivity contribution in [1.29, 1.82) is 0 Å². The minimum atomic E-state index is 0.477. The van der Waals surface area contributed by atoms with E-state index in [1.54, 1.807) is 0 Å². The van der Waals surface area contributed by atoms with E-state index in [1.807, 2.05) is 35.9 Å². The number of aromatic nitrogens is 2. The van der Waals surface area contributed by atoms with Gasteiger partial charge in [0, 0.05) is 18.8 Å². The van der Waals surface area contributed by atoms with E-state index in [4.69, 9.17) is 18.0 Å². The molecule has 0 saturated heterocycles. The number of imidazole rings is 1. The third-order valence-corrected chi connectivity index (χ3v) is 2.17. The SMILES string of the molecule is Cc1ccn2cc(CC(N)=S)nc2c1. The van der Waals surface area contributed by atoms with Gasteiger partial charge in [-0.1, -0.05) is 12.2 Å². The van der Waals surface area contributed by atoms with Gasteiger partial charge in [0.05, 0.1) is 10.7 Å². The highest BCUT2D eigenvalue weighted by atomic mass is 32.1. The lowest BCUT2D eigenvalue weighted by Crippen LogP contribution is -2.11. The summed E-state index contributed by atoms with van der Waals surface area (Å²) in [6, 6.07) is 4.07. The smallest absolute Gasteiger partial charge is 0.137 e. The zero-order valence-corrected chi connectivity index (χ0v) is 8.71. The summed E-state index contributed by atoms with van der Waals surface area (Å²) in [5, 5.41) is 0. The number of hydrogen-bond acceptors (Lipinski definition) is 2. The second-order valence-corrected chi connectivity index (χ2v) is 3.87. The van der Waals surface area contributed by atoms with Crippen LogP contribution in [0, 0.1) is 6.92 Å². The van der Waals surface area contributed by atoms with Crippen LogP contribution in [0.25, 0.3) is 5.65 Å². The molecule has 0 fully saturated rings. The van der Waals surface area contributed by atoms with Crippen molar-refractivity contribution in [3.63, 3.8) is 0 Å². The Kier molecular flexibility index (Phi) is 2.21. The Morgan fingerprint density at radius 2 is 2.43 bits per heavy atom. The number of thiocarbonyl (C=S) groups is 1. The molecule has 0 aliphatic heterocycles. The molecular weight excluding hydrogens is 194 g/mol. The summed E-state index contributed by atoms with van der Waals surface area (Å²) in [6.45, 7) is 2.04. The van der Waals surface area contributed by atoms with Crippen molar-refractivity contribution >= 4 is 22.9 Å². The van der Waals surface area contributed by atoms with Gasteiger partial charge < -0.3 is 10.1 Å². The second-order valence-electron chi connectivity index (χ2n) is 3.34. The maximum absolute atomic E-state index is 5.46. The first-order valence-corrected chi connectivity index (χ1v) is 4.78. The highest BCUT2D eigenvalue weighted by Crippen LogP contribution is 2.07. The number of hydrogen-bond donors (Lipinski definition) is 1. The minimum Gasteiger partial charge on any atom is -0.393 e. The molecule has 72 valence electrons. The van der Waals surface area contributed by atoms with Crippen LogP contribution in [0.2, 0.25) is 0 Å². The van der Waals surface area contributed by atoms with E-state index in [0.29, 0.717) is 11.4 Å². The van der Waals surface area contributed by atoms with Gasteiger partial charge in [-0.2, -0.15) is 0 Å². The molecule has 2 rings (SSSR count). The molecule has 0 radical (unpaired) electrons. The van der Waals surface area contributed by atoms with Crippen LogP contribution in [0.5, 0.6) is 0 Å². The largest absolute Gasteiger partial charge is 0.393 e. The molecule has 3 nitrogen and oxygen atoms in total. The molecule has 14 heavy (non-hydrogen) atoms. The minimum absolute atomic E-state index is 0.477. The lowest BCUT2D eigenvalue weighted by Gasteiger charge is -1.92. The summed E-state index contributed by atoms with van der Waals surface area (Å²) in [4.78, 5) is 4.89. The van der Waals surface area contributed by atoms with Crippen molar-refractivity contribution in [2.45, 2.75) is 13.3 Å². The Bertz CT molecular complexity index is 487. The van der Waals surface area contributed by atoms with Crippen LogP contribution in [-0.4, -0.2) is 14.4 Å². The standard InChI is InChI=1S/C10H11N3S/c1-7-2-3-13-6-8(5-9(11)14)12-10(13)4-7/h2-4,6H,5H2,1H3,(H2,11,14). The van der Waals surface area contributed by atoms with E-state index in [2.05, 4.69) is 4.98 Å². The Balaban J connectivity index is 2.46. The molecule has 2 N–H and O–H groups in total. The molecule has 0 aromatic carbocycles. The summed E-state index contributed by atoms with van der Waals surface area (Å²) in [5.41, 5.74) is 8.52. The summed E-state index contributed by atoms with van der Waals surface area (Å²) < 4.78 is 1.97. The molecular formula is C10H11N3S. The van der Waals surface area contributed by atoms with E-state index in [1.165, 1.54) is 5.56 Å². The Morgan fingerprint density at radius 3 is 3.14 bits per heavy atom. The van der Waals surface area contributed by atoms with Gasteiger partial charge in [-0.15, -0.1) is 0 Å². The molecule has 0 amide bonds. The molecule has 4 heteroatoms. The summed E-state index contributed by atoms with van der Waals surface area (Å²) in [5.74, 6) is 0. The van der Waals surface area contributed by atoms with Gasteiger partial charge in [0.15, 0.2) is 0 Å². The Labute approximate surface area is 87.6 Å². The Hall–Kier alpha value is -1.42. The van der Waals surface area contributed by atoms with E-state index in [9.17, 15) is 0 Å². The zero-order valence-electron chi connectivity index (χ0n) is 7.90. The van der Waals surface area contributed by atoms with Crippen LogP contribution in [0.3, 0.4) is 0 Å². The fraction of sp³-hybridized carbons (Fsp3) is 0.200. The van der Waals surface area contributed by atoms with Gasteiger partial charge in [-0.3, -0.25) is 0 Å². The number of rotatable bonds is 2. The molecule has 2 aromatic heterocycles. The van der Waals surface area contributed by atoms with Gasteiger partial charge in [-0.05, 0) is 24.6 Å².